The van der Waals surface area contributed by atoms with Crippen LogP contribution in [0.3, 0.4) is 0 Å². The van der Waals surface area contributed by atoms with E-state index in [9.17, 15) is 0 Å². The maximum Gasteiger partial charge on any atom is -0.00193 e. The van der Waals surface area contributed by atoms with E-state index in [1.807, 2.05) is 0 Å². The lowest BCUT2D eigenvalue weighted by molar-refractivity contribution is 0.243. The Morgan fingerprint density at radius 3 is 1.95 bits per heavy atom. The fourth-order valence-corrected chi connectivity index (χ4v) is 3.35. The highest BCUT2D eigenvalue weighted by atomic mass is 15.1. The van der Waals surface area contributed by atoms with Crippen LogP contribution >= 0.6 is 0 Å². The second kappa shape index (κ2) is 12.5. The Morgan fingerprint density at radius 2 is 1.43 bits per heavy atom. The maximum atomic E-state index is 2.49. The van der Waals surface area contributed by atoms with Gasteiger partial charge in [0.25, 0.3) is 0 Å². The van der Waals surface area contributed by atoms with Crippen LogP contribution < -0.4 is 0 Å². The maximum absolute atomic E-state index is 2.49. The van der Waals surface area contributed by atoms with Crippen LogP contribution in [0.5, 0.6) is 0 Å². The Labute approximate surface area is 135 Å². The van der Waals surface area contributed by atoms with Gasteiger partial charge in [0.05, 0.1) is 0 Å². The van der Waals surface area contributed by atoms with E-state index in [4.69, 9.17) is 0 Å². The van der Waals surface area contributed by atoms with E-state index in [1.165, 1.54) is 58.0 Å². The van der Waals surface area contributed by atoms with Crippen molar-refractivity contribution in [2.45, 2.75) is 86.5 Å². The largest absolute Gasteiger partial charge is 0.306 e. The van der Waals surface area contributed by atoms with Gasteiger partial charge in [0, 0.05) is 0 Å². The molecule has 4 atom stereocenters. The van der Waals surface area contributed by atoms with Crippen molar-refractivity contribution in [3.8, 4) is 0 Å². The summed E-state index contributed by atoms with van der Waals surface area (Å²) in [7, 11) is 2.26. The summed E-state index contributed by atoms with van der Waals surface area (Å²) in [4.78, 5) is 2.48. The van der Waals surface area contributed by atoms with Crippen LogP contribution in [0.1, 0.15) is 86.5 Å². The zero-order valence-corrected chi connectivity index (χ0v) is 16.1. The van der Waals surface area contributed by atoms with Crippen LogP contribution in [0.15, 0.2) is 0 Å². The molecule has 128 valence electrons. The fraction of sp³-hybridized carbons (Fsp3) is 1.00. The van der Waals surface area contributed by atoms with Crippen molar-refractivity contribution in [3.63, 3.8) is 0 Å². The summed E-state index contributed by atoms with van der Waals surface area (Å²) in [6, 6.07) is 0. The molecule has 4 unspecified atom stereocenters. The third-order valence-electron chi connectivity index (χ3n) is 5.45. The Balaban J connectivity index is 3.95. The molecular formula is C20H43N. The third-order valence-corrected chi connectivity index (χ3v) is 5.45. The topological polar surface area (TPSA) is 3.24 Å². The van der Waals surface area contributed by atoms with Gasteiger partial charge < -0.3 is 4.90 Å². The molecule has 0 saturated heterocycles. The van der Waals surface area contributed by atoms with Crippen molar-refractivity contribution in [1.29, 1.82) is 0 Å². The van der Waals surface area contributed by atoms with Gasteiger partial charge in [-0.1, -0.05) is 67.2 Å². The van der Waals surface area contributed by atoms with Crippen molar-refractivity contribution in [3.05, 3.63) is 0 Å². The standard InChI is InChI=1S/C20H43N/c1-8-14-21(7)15-13-18(5)11-12-19(6)20(10-3)16-17(4)9-2/h17-20H,8-16H2,1-7H3. The molecule has 0 spiro atoms. The molecule has 0 bridgehead atoms. The normalized spacial score (nSPS) is 17.7. The van der Waals surface area contributed by atoms with Crippen LogP contribution in [0.25, 0.3) is 0 Å². The zero-order valence-electron chi connectivity index (χ0n) is 16.1. The predicted molar refractivity (Wildman–Crippen MR) is 97.8 cm³/mol. The van der Waals surface area contributed by atoms with E-state index in [2.05, 4.69) is 53.5 Å². The summed E-state index contributed by atoms with van der Waals surface area (Å²) in [5, 5.41) is 0. The van der Waals surface area contributed by atoms with Crippen LogP contribution in [0.4, 0.5) is 0 Å². The Morgan fingerprint density at radius 1 is 0.762 bits per heavy atom. The molecule has 0 amide bonds. The fourth-order valence-electron chi connectivity index (χ4n) is 3.35. The van der Waals surface area contributed by atoms with Crippen molar-refractivity contribution < 1.29 is 0 Å². The molecule has 0 rings (SSSR count). The number of hydrogen-bond donors (Lipinski definition) is 0. The van der Waals surface area contributed by atoms with Gasteiger partial charge in [0.15, 0.2) is 0 Å². The first-order chi connectivity index (χ1) is 9.94. The lowest BCUT2D eigenvalue weighted by Crippen LogP contribution is -2.22. The Hall–Kier alpha value is -0.0400. The first kappa shape index (κ1) is 21.0. The highest BCUT2D eigenvalue weighted by molar-refractivity contribution is 4.70. The van der Waals surface area contributed by atoms with Crippen molar-refractivity contribution in [1.82, 2.24) is 4.90 Å². The van der Waals surface area contributed by atoms with Crippen molar-refractivity contribution in [2.24, 2.45) is 23.7 Å². The predicted octanol–water partition coefficient (Wildman–Crippen LogP) is 6.23. The summed E-state index contributed by atoms with van der Waals surface area (Å²) in [5.41, 5.74) is 0. The van der Waals surface area contributed by atoms with Crippen molar-refractivity contribution >= 4 is 0 Å². The van der Waals surface area contributed by atoms with Gasteiger partial charge in [-0.15, -0.1) is 0 Å². The molecule has 0 N–H and O–H groups in total. The van der Waals surface area contributed by atoms with Gasteiger partial charge in [0.1, 0.15) is 0 Å². The summed E-state index contributed by atoms with van der Waals surface area (Å²) in [6.45, 7) is 16.9. The molecule has 0 radical (unpaired) electrons. The Kier molecular flexibility index (Phi) is 12.5. The average molecular weight is 298 g/mol. The van der Waals surface area contributed by atoms with E-state index < -0.39 is 0 Å². The van der Waals surface area contributed by atoms with Crippen LogP contribution in [0.2, 0.25) is 0 Å². The molecule has 0 aromatic rings. The van der Waals surface area contributed by atoms with Gasteiger partial charge in [-0.3, -0.25) is 0 Å². The molecule has 0 heterocycles. The SMILES string of the molecule is CCCN(C)CCC(C)CCC(C)C(CC)CC(C)CC. The minimum absolute atomic E-state index is 0.882. The van der Waals surface area contributed by atoms with E-state index in [0.29, 0.717) is 0 Å². The van der Waals surface area contributed by atoms with Gasteiger partial charge in [-0.25, -0.2) is 0 Å². The first-order valence-corrected chi connectivity index (χ1v) is 9.62. The van der Waals surface area contributed by atoms with Gasteiger partial charge >= 0.3 is 0 Å². The minimum atomic E-state index is 0.882. The summed E-state index contributed by atoms with van der Waals surface area (Å²) >= 11 is 0. The summed E-state index contributed by atoms with van der Waals surface area (Å²) in [5.74, 6) is 3.63. The second-order valence-electron chi connectivity index (χ2n) is 7.67. The second-order valence-corrected chi connectivity index (χ2v) is 7.67. The van der Waals surface area contributed by atoms with E-state index in [1.54, 1.807) is 0 Å². The molecule has 0 aliphatic carbocycles. The summed E-state index contributed by atoms with van der Waals surface area (Å²) in [6.07, 6.45) is 9.61. The van der Waals surface area contributed by atoms with Crippen LogP contribution in [-0.4, -0.2) is 25.0 Å². The van der Waals surface area contributed by atoms with Gasteiger partial charge in [-0.2, -0.15) is 0 Å². The first-order valence-electron chi connectivity index (χ1n) is 9.62. The third kappa shape index (κ3) is 10.3. The van der Waals surface area contributed by atoms with Crippen LogP contribution in [0, 0.1) is 23.7 Å². The molecule has 0 aromatic carbocycles. The molecule has 21 heavy (non-hydrogen) atoms. The van der Waals surface area contributed by atoms with E-state index in [0.717, 1.165) is 23.7 Å². The number of nitrogens with zero attached hydrogens (tertiary/aromatic N) is 1. The molecule has 1 heteroatoms. The lowest BCUT2D eigenvalue weighted by Gasteiger charge is -2.26. The molecule has 1 nitrogen and oxygen atoms in total. The quantitative estimate of drug-likeness (QED) is 0.389. The minimum Gasteiger partial charge on any atom is -0.306 e. The smallest absolute Gasteiger partial charge is 0.00193 e. The van der Waals surface area contributed by atoms with Crippen molar-refractivity contribution in [2.75, 3.05) is 20.1 Å². The molecular weight excluding hydrogens is 254 g/mol. The summed E-state index contributed by atoms with van der Waals surface area (Å²) < 4.78 is 0. The zero-order chi connectivity index (χ0) is 16.3. The molecule has 0 aliphatic rings. The molecule has 0 aromatic heterocycles. The van der Waals surface area contributed by atoms with E-state index >= 15 is 0 Å². The number of hydrogen-bond acceptors (Lipinski definition) is 1. The monoisotopic (exact) mass is 297 g/mol. The lowest BCUT2D eigenvalue weighted by atomic mass is 9.80. The highest BCUT2D eigenvalue weighted by Crippen LogP contribution is 2.29. The van der Waals surface area contributed by atoms with Gasteiger partial charge in [0.2, 0.25) is 0 Å². The average Bonchev–Trinajstić information content (AvgIpc) is 2.48. The molecule has 0 fully saturated rings. The number of rotatable bonds is 13. The molecule has 0 aliphatic heterocycles. The Bertz CT molecular complexity index is 226. The highest BCUT2D eigenvalue weighted by Gasteiger charge is 2.18. The van der Waals surface area contributed by atoms with Gasteiger partial charge in [-0.05, 0) is 63.1 Å². The van der Waals surface area contributed by atoms with E-state index in [-0.39, 0.29) is 0 Å². The van der Waals surface area contributed by atoms with Crippen LogP contribution in [-0.2, 0) is 0 Å². The molecule has 0 saturated carbocycles.